The zero-order valence-corrected chi connectivity index (χ0v) is 14.9. The number of hydrogen-bond donors (Lipinski definition) is 2. The summed E-state index contributed by atoms with van der Waals surface area (Å²) < 4.78 is 5.80. The summed E-state index contributed by atoms with van der Waals surface area (Å²) in [5.41, 5.74) is 6.26. The number of guanidine groups is 1. The van der Waals surface area contributed by atoms with Crippen molar-refractivity contribution in [3.8, 4) is 0 Å². The van der Waals surface area contributed by atoms with Crippen molar-refractivity contribution in [3.63, 3.8) is 0 Å². The van der Waals surface area contributed by atoms with Gasteiger partial charge in [-0.25, -0.2) is 4.99 Å². The number of nitrogens with two attached hydrogens (primary N) is 1. The van der Waals surface area contributed by atoms with Crippen LogP contribution in [0.4, 0.5) is 0 Å². The van der Waals surface area contributed by atoms with E-state index in [1.807, 2.05) is 0 Å². The maximum absolute atomic E-state index is 6.12. The number of ether oxygens (including phenoxy) is 1. The van der Waals surface area contributed by atoms with Gasteiger partial charge in [0.05, 0.1) is 12.1 Å². The van der Waals surface area contributed by atoms with Gasteiger partial charge in [0.2, 0.25) is 0 Å². The third-order valence-electron chi connectivity index (χ3n) is 5.27. The van der Waals surface area contributed by atoms with Crippen LogP contribution >= 0.6 is 24.0 Å². The summed E-state index contributed by atoms with van der Waals surface area (Å²) >= 11 is 0. The van der Waals surface area contributed by atoms with E-state index in [1.165, 1.54) is 32.1 Å². The highest BCUT2D eigenvalue weighted by Crippen LogP contribution is 2.53. The molecule has 5 heteroatoms. The molecular weight excluding hydrogens is 365 g/mol. The Bertz CT molecular complexity index is 366. The van der Waals surface area contributed by atoms with Crippen LogP contribution in [0.15, 0.2) is 4.99 Å². The number of fused-ring (bicyclic) bond motifs is 1. The normalized spacial score (nSPS) is 36.7. The first-order valence-corrected chi connectivity index (χ1v) is 7.80. The SMILES string of the molecule is CC1(C)C(N=C(N)NC2CCCCC2)C2CCOC21.I. The fourth-order valence-corrected chi connectivity index (χ4v) is 4.20. The molecule has 1 heterocycles. The molecule has 1 aliphatic heterocycles. The molecule has 3 N–H and O–H groups in total. The zero-order valence-electron chi connectivity index (χ0n) is 12.6. The molecule has 3 atom stereocenters. The predicted octanol–water partition coefficient (Wildman–Crippen LogP) is 2.65. The van der Waals surface area contributed by atoms with Crippen molar-refractivity contribution in [2.45, 2.75) is 70.6 Å². The van der Waals surface area contributed by atoms with Crippen LogP contribution in [0, 0.1) is 11.3 Å². The van der Waals surface area contributed by atoms with Crippen LogP contribution in [0.5, 0.6) is 0 Å². The second kappa shape index (κ2) is 6.38. The van der Waals surface area contributed by atoms with Crippen LogP contribution in [0.1, 0.15) is 52.4 Å². The molecule has 3 rings (SSSR count). The standard InChI is InChI=1S/C15H27N3O.HI/c1-15(2)12(11-8-9-19-13(11)15)18-14(16)17-10-6-4-3-5-7-10;/h10-13H,3-9H2,1-2H3,(H3,16,17,18);1H. The number of hydrogen-bond acceptors (Lipinski definition) is 2. The molecule has 0 radical (unpaired) electrons. The Labute approximate surface area is 139 Å². The highest BCUT2D eigenvalue weighted by Gasteiger charge is 2.59. The zero-order chi connectivity index (χ0) is 13.5. The Hall–Kier alpha value is -0.0400. The number of rotatable bonds is 2. The van der Waals surface area contributed by atoms with Crippen LogP contribution in [-0.4, -0.2) is 30.8 Å². The van der Waals surface area contributed by atoms with E-state index in [4.69, 9.17) is 15.5 Å². The van der Waals surface area contributed by atoms with Gasteiger partial charge in [-0.15, -0.1) is 24.0 Å². The van der Waals surface area contributed by atoms with Gasteiger partial charge in [0, 0.05) is 24.0 Å². The van der Waals surface area contributed by atoms with E-state index >= 15 is 0 Å². The summed E-state index contributed by atoms with van der Waals surface area (Å²) in [5, 5.41) is 3.42. The Balaban J connectivity index is 0.00000147. The van der Waals surface area contributed by atoms with E-state index in [0.717, 1.165) is 13.0 Å². The first-order chi connectivity index (χ1) is 9.09. The lowest BCUT2D eigenvalue weighted by Gasteiger charge is -2.52. The predicted molar refractivity (Wildman–Crippen MR) is 92.5 cm³/mol. The molecule has 20 heavy (non-hydrogen) atoms. The Kier molecular flexibility index (Phi) is 5.21. The Morgan fingerprint density at radius 2 is 1.90 bits per heavy atom. The molecule has 3 fully saturated rings. The molecular formula is C15H28IN3O. The van der Waals surface area contributed by atoms with Gasteiger partial charge in [0.15, 0.2) is 5.96 Å². The molecule has 0 aromatic heterocycles. The quantitative estimate of drug-likeness (QED) is 0.431. The topological polar surface area (TPSA) is 59.6 Å². The van der Waals surface area contributed by atoms with Gasteiger partial charge in [0.25, 0.3) is 0 Å². The minimum atomic E-state index is 0. The molecule has 1 saturated heterocycles. The summed E-state index contributed by atoms with van der Waals surface area (Å²) in [6.45, 7) is 5.39. The van der Waals surface area contributed by atoms with E-state index in [0.29, 0.717) is 30.1 Å². The van der Waals surface area contributed by atoms with Gasteiger partial charge in [-0.05, 0) is 19.3 Å². The molecule has 0 spiro atoms. The Morgan fingerprint density at radius 1 is 1.20 bits per heavy atom. The van der Waals surface area contributed by atoms with Crippen LogP contribution in [0.25, 0.3) is 0 Å². The molecule has 0 aromatic rings. The average molecular weight is 393 g/mol. The second-order valence-corrected chi connectivity index (χ2v) is 7.00. The fraction of sp³-hybridized carbons (Fsp3) is 0.933. The lowest BCUT2D eigenvalue weighted by atomic mass is 9.57. The lowest BCUT2D eigenvalue weighted by molar-refractivity contribution is -0.0986. The van der Waals surface area contributed by atoms with Crippen molar-refractivity contribution in [3.05, 3.63) is 0 Å². The maximum Gasteiger partial charge on any atom is 0.189 e. The third-order valence-corrected chi connectivity index (χ3v) is 5.27. The summed E-state index contributed by atoms with van der Waals surface area (Å²) in [4.78, 5) is 4.78. The summed E-state index contributed by atoms with van der Waals surface area (Å²) in [5.74, 6) is 1.23. The largest absolute Gasteiger partial charge is 0.377 e. The maximum atomic E-state index is 6.12. The Morgan fingerprint density at radius 3 is 2.60 bits per heavy atom. The molecule has 3 aliphatic rings. The summed E-state index contributed by atoms with van der Waals surface area (Å²) in [6, 6.07) is 0.868. The minimum Gasteiger partial charge on any atom is -0.377 e. The fourth-order valence-electron chi connectivity index (χ4n) is 4.20. The van der Waals surface area contributed by atoms with Crippen LogP contribution in [0.3, 0.4) is 0 Å². The van der Waals surface area contributed by atoms with Crippen LogP contribution in [0.2, 0.25) is 0 Å². The van der Waals surface area contributed by atoms with Crippen molar-refractivity contribution in [2.24, 2.45) is 22.1 Å². The van der Waals surface area contributed by atoms with Crippen molar-refractivity contribution >= 4 is 29.9 Å². The van der Waals surface area contributed by atoms with Crippen molar-refractivity contribution in [1.82, 2.24) is 5.32 Å². The summed E-state index contributed by atoms with van der Waals surface area (Å²) in [6.07, 6.45) is 8.00. The van der Waals surface area contributed by atoms with Gasteiger partial charge >= 0.3 is 0 Å². The van der Waals surface area contributed by atoms with E-state index in [9.17, 15) is 0 Å². The molecule has 116 valence electrons. The lowest BCUT2D eigenvalue weighted by Crippen LogP contribution is -2.60. The molecule has 0 bridgehead atoms. The van der Waals surface area contributed by atoms with E-state index < -0.39 is 0 Å². The number of nitrogens with zero attached hydrogens (tertiary/aromatic N) is 1. The van der Waals surface area contributed by atoms with Gasteiger partial charge in [-0.1, -0.05) is 33.1 Å². The first kappa shape index (κ1) is 16.3. The molecule has 3 unspecified atom stereocenters. The number of halogens is 1. The van der Waals surface area contributed by atoms with Crippen LogP contribution in [-0.2, 0) is 4.74 Å². The third kappa shape index (κ3) is 2.93. The average Bonchev–Trinajstić information content (AvgIpc) is 2.84. The highest BCUT2D eigenvalue weighted by atomic mass is 127. The van der Waals surface area contributed by atoms with E-state index in [-0.39, 0.29) is 29.4 Å². The van der Waals surface area contributed by atoms with Gasteiger partial charge in [-0.3, -0.25) is 0 Å². The number of nitrogens with one attached hydrogen (secondary N) is 1. The van der Waals surface area contributed by atoms with Crippen molar-refractivity contribution < 1.29 is 4.74 Å². The van der Waals surface area contributed by atoms with E-state index in [1.54, 1.807) is 0 Å². The molecule has 0 amide bonds. The minimum absolute atomic E-state index is 0. The monoisotopic (exact) mass is 393 g/mol. The molecule has 2 saturated carbocycles. The van der Waals surface area contributed by atoms with Gasteiger partial charge in [-0.2, -0.15) is 0 Å². The van der Waals surface area contributed by atoms with Gasteiger partial charge in [0.1, 0.15) is 0 Å². The molecule has 0 aromatic carbocycles. The number of aliphatic imine (C=N–C) groups is 1. The van der Waals surface area contributed by atoms with Crippen LogP contribution < -0.4 is 11.1 Å². The van der Waals surface area contributed by atoms with Crippen molar-refractivity contribution in [2.75, 3.05) is 6.61 Å². The van der Waals surface area contributed by atoms with Gasteiger partial charge < -0.3 is 15.8 Å². The highest BCUT2D eigenvalue weighted by molar-refractivity contribution is 14.0. The van der Waals surface area contributed by atoms with Crippen molar-refractivity contribution in [1.29, 1.82) is 0 Å². The smallest absolute Gasteiger partial charge is 0.189 e. The molecule has 2 aliphatic carbocycles. The molecule has 4 nitrogen and oxygen atoms in total. The summed E-state index contributed by atoms with van der Waals surface area (Å²) in [7, 11) is 0. The first-order valence-electron chi connectivity index (χ1n) is 7.80. The van der Waals surface area contributed by atoms with E-state index in [2.05, 4.69) is 19.2 Å². The second-order valence-electron chi connectivity index (χ2n) is 7.00.